The third-order valence-electron chi connectivity index (χ3n) is 2.82. The minimum absolute atomic E-state index is 0.0436. The van der Waals surface area contributed by atoms with Gasteiger partial charge in [0.15, 0.2) is 5.78 Å². The number of benzene rings is 1. The first-order valence-electron chi connectivity index (χ1n) is 5.53. The first kappa shape index (κ1) is 12.6. The van der Waals surface area contributed by atoms with Crippen LogP contribution >= 0.6 is 11.6 Å². The molecule has 0 bridgehead atoms. The van der Waals surface area contributed by atoms with E-state index in [9.17, 15) is 9.59 Å². The normalized spacial score (nSPS) is 10.6. The average Bonchev–Trinajstić information content (AvgIpc) is 2.69. The van der Waals surface area contributed by atoms with Crippen molar-refractivity contribution < 1.29 is 9.59 Å². The molecule has 0 spiro atoms. The third kappa shape index (κ3) is 2.11. The summed E-state index contributed by atoms with van der Waals surface area (Å²) in [6.07, 6.45) is 1.67. The number of likely N-dealkylation sites (N-methyl/N-ethyl adjacent to an activating group) is 1. The van der Waals surface area contributed by atoms with Crippen molar-refractivity contribution >= 4 is 34.2 Å². The molecule has 1 amide bonds. The van der Waals surface area contributed by atoms with E-state index >= 15 is 0 Å². The van der Waals surface area contributed by atoms with Crippen LogP contribution < -0.4 is 5.32 Å². The topological polar surface area (TPSA) is 51.1 Å². The number of nitrogens with one attached hydrogen (secondary N) is 1. The number of nitrogens with zero attached hydrogens (tertiary/aromatic N) is 1. The van der Waals surface area contributed by atoms with E-state index in [1.807, 2.05) is 6.07 Å². The molecule has 0 atom stereocenters. The van der Waals surface area contributed by atoms with Crippen LogP contribution in [-0.2, 0) is 11.3 Å². The largest absolute Gasteiger partial charge is 0.358 e. The maximum atomic E-state index is 11.6. The van der Waals surface area contributed by atoms with Gasteiger partial charge in [-0.3, -0.25) is 9.59 Å². The van der Waals surface area contributed by atoms with Crippen LogP contribution in [0.15, 0.2) is 24.4 Å². The second-order valence-electron chi connectivity index (χ2n) is 4.04. The third-order valence-corrected chi connectivity index (χ3v) is 3.13. The minimum atomic E-state index is -0.137. The van der Waals surface area contributed by atoms with Gasteiger partial charge >= 0.3 is 0 Å². The average molecular weight is 265 g/mol. The first-order chi connectivity index (χ1) is 8.54. The van der Waals surface area contributed by atoms with Crippen LogP contribution in [0.2, 0.25) is 5.02 Å². The summed E-state index contributed by atoms with van der Waals surface area (Å²) >= 11 is 6.14. The molecule has 94 valence electrons. The van der Waals surface area contributed by atoms with Gasteiger partial charge in [0.2, 0.25) is 5.91 Å². The molecule has 0 saturated heterocycles. The Morgan fingerprint density at radius 1 is 1.39 bits per heavy atom. The summed E-state index contributed by atoms with van der Waals surface area (Å²) in [7, 11) is 1.57. The molecule has 4 nitrogen and oxygen atoms in total. The number of carbonyl (C=O) groups excluding carboxylic acids is 2. The molecule has 1 heterocycles. The quantitative estimate of drug-likeness (QED) is 0.865. The van der Waals surface area contributed by atoms with Crippen LogP contribution in [0.4, 0.5) is 0 Å². The van der Waals surface area contributed by atoms with Crippen molar-refractivity contribution in [3.05, 3.63) is 35.0 Å². The second-order valence-corrected chi connectivity index (χ2v) is 4.44. The molecule has 0 aliphatic carbocycles. The lowest BCUT2D eigenvalue weighted by molar-refractivity contribution is -0.121. The monoisotopic (exact) mass is 264 g/mol. The van der Waals surface area contributed by atoms with Gasteiger partial charge in [-0.1, -0.05) is 23.7 Å². The highest BCUT2D eigenvalue weighted by atomic mass is 35.5. The first-order valence-corrected chi connectivity index (χ1v) is 5.91. The zero-order valence-electron chi connectivity index (χ0n) is 10.2. The fraction of sp³-hybridized carbons (Fsp3) is 0.231. The summed E-state index contributed by atoms with van der Waals surface area (Å²) in [5.74, 6) is -0.181. The number of carbonyl (C=O) groups is 2. The standard InChI is InChI=1S/C13H13ClN2O2/c1-8(17)10-6-16(7-12(18)15-2)13-9(10)4-3-5-11(13)14/h3-6H,7H2,1-2H3,(H,15,18). The molecular formula is C13H13ClN2O2. The Balaban J connectivity index is 2.66. The Morgan fingerprint density at radius 2 is 2.11 bits per heavy atom. The molecule has 5 heteroatoms. The lowest BCUT2D eigenvalue weighted by Gasteiger charge is -2.05. The summed E-state index contributed by atoms with van der Waals surface area (Å²) in [6.45, 7) is 1.64. The Kier molecular flexibility index (Phi) is 3.39. The Bertz CT molecular complexity index is 631. The van der Waals surface area contributed by atoms with E-state index in [4.69, 9.17) is 11.6 Å². The number of halogens is 1. The Hall–Kier alpha value is -1.81. The number of rotatable bonds is 3. The van der Waals surface area contributed by atoms with Crippen molar-refractivity contribution in [2.75, 3.05) is 7.05 Å². The number of aromatic nitrogens is 1. The number of amides is 1. The van der Waals surface area contributed by atoms with Gasteiger partial charge in [-0.25, -0.2) is 0 Å². The lowest BCUT2D eigenvalue weighted by atomic mass is 10.1. The van der Waals surface area contributed by atoms with Crippen LogP contribution in [-0.4, -0.2) is 23.3 Å². The minimum Gasteiger partial charge on any atom is -0.358 e. The molecule has 0 aliphatic rings. The van der Waals surface area contributed by atoms with E-state index in [-0.39, 0.29) is 18.2 Å². The van der Waals surface area contributed by atoms with Crippen LogP contribution in [0.5, 0.6) is 0 Å². The van der Waals surface area contributed by atoms with Crippen LogP contribution in [0.25, 0.3) is 10.9 Å². The van der Waals surface area contributed by atoms with E-state index in [2.05, 4.69) is 5.32 Å². The number of hydrogen-bond donors (Lipinski definition) is 1. The molecule has 2 rings (SSSR count). The predicted molar refractivity (Wildman–Crippen MR) is 71.0 cm³/mol. The summed E-state index contributed by atoms with van der Waals surface area (Å²) in [5, 5.41) is 3.86. The smallest absolute Gasteiger partial charge is 0.239 e. The second kappa shape index (κ2) is 4.82. The van der Waals surface area contributed by atoms with Gasteiger partial charge in [0.1, 0.15) is 6.54 Å². The van der Waals surface area contributed by atoms with E-state index in [0.29, 0.717) is 16.1 Å². The summed E-state index contributed by atoms with van der Waals surface area (Å²) in [5.41, 5.74) is 1.30. The molecular weight excluding hydrogens is 252 g/mol. The summed E-state index contributed by atoms with van der Waals surface area (Å²) in [4.78, 5) is 23.0. The van der Waals surface area contributed by atoms with Crippen LogP contribution in [0, 0.1) is 0 Å². The van der Waals surface area contributed by atoms with Crippen molar-refractivity contribution in [3.63, 3.8) is 0 Å². The van der Waals surface area contributed by atoms with Crippen molar-refractivity contribution in [3.8, 4) is 0 Å². The van der Waals surface area contributed by atoms with Crippen molar-refractivity contribution in [2.45, 2.75) is 13.5 Å². The Morgan fingerprint density at radius 3 is 2.72 bits per heavy atom. The Labute approximate surface area is 110 Å². The van der Waals surface area contributed by atoms with Gasteiger partial charge in [0, 0.05) is 24.2 Å². The number of hydrogen-bond acceptors (Lipinski definition) is 2. The van der Waals surface area contributed by atoms with Crippen molar-refractivity contribution in [1.82, 2.24) is 9.88 Å². The van der Waals surface area contributed by atoms with Crippen molar-refractivity contribution in [1.29, 1.82) is 0 Å². The zero-order chi connectivity index (χ0) is 13.3. The van der Waals surface area contributed by atoms with Crippen LogP contribution in [0.3, 0.4) is 0 Å². The fourth-order valence-electron chi connectivity index (χ4n) is 1.95. The number of ketones is 1. The van der Waals surface area contributed by atoms with Gasteiger partial charge in [-0.15, -0.1) is 0 Å². The highest BCUT2D eigenvalue weighted by molar-refractivity contribution is 6.35. The van der Waals surface area contributed by atoms with E-state index in [0.717, 1.165) is 5.39 Å². The number of fused-ring (bicyclic) bond motifs is 1. The highest BCUT2D eigenvalue weighted by Gasteiger charge is 2.15. The maximum Gasteiger partial charge on any atom is 0.239 e. The molecule has 1 aromatic heterocycles. The summed E-state index contributed by atoms with van der Waals surface area (Å²) in [6, 6.07) is 5.37. The lowest BCUT2D eigenvalue weighted by Crippen LogP contribution is -2.23. The fourth-order valence-corrected chi connectivity index (χ4v) is 2.24. The molecule has 2 aromatic rings. The van der Waals surface area contributed by atoms with Gasteiger partial charge < -0.3 is 9.88 Å². The SMILES string of the molecule is CNC(=O)Cn1cc(C(C)=O)c2cccc(Cl)c21. The molecule has 1 N–H and O–H groups in total. The molecule has 1 aromatic carbocycles. The molecule has 0 unspecified atom stereocenters. The summed E-state index contributed by atoms with van der Waals surface area (Å²) < 4.78 is 1.70. The molecule has 0 saturated carbocycles. The van der Waals surface area contributed by atoms with Gasteiger partial charge in [0.05, 0.1) is 10.5 Å². The molecule has 0 aliphatic heterocycles. The van der Waals surface area contributed by atoms with Crippen molar-refractivity contribution in [2.24, 2.45) is 0 Å². The molecule has 0 radical (unpaired) electrons. The number of para-hydroxylation sites is 1. The van der Waals surface area contributed by atoms with Gasteiger partial charge in [-0.05, 0) is 13.0 Å². The van der Waals surface area contributed by atoms with E-state index < -0.39 is 0 Å². The van der Waals surface area contributed by atoms with Gasteiger partial charge in [0.25, 0.3) is 0 Å². The van der Waals surface area contributed by atoms with Crippen LogP contribution in [0.1, 0.15) is 17.3 Å². The highest BCUT2D eigenvalue weighted by Crippen LogP contribution is 2.28. The molecule has 0 fully saturated rings. The molecule has 18 heavy (non-hydrogen) atoms. The maximum absolute atomic E-state index is 11.6. The van der Waals surface area contributed by atoms with E-state index in [1.165, 1.54) is 6.92 Å². The van der Waals surface area contributed by atoms with Gasteiger partial charge in [-0.2, -0.15) is 0 Å². The number of Topliss-reactive ketones (excluding diaryl/α,β-unsaturated/α-hetero) is 1. The van der Waals surface area contributed by atoms with E-state index in [1.54, 1.807) is 29.9 Å². The predicted octanol–water partition coefficient (Wildman–Crippen LogP) is 2.24. The zero-order valence-corrected chi connectivity index (χ0v) is 10.9.